The fraction of sp³-hybridized carbons (Fsp3) is 0.571. The SMILES string of the molecule is CC(NC1CCc2ccccc21)C1CC1. The number of nitrogens with one attached hydrogen (secondary N) is 1. The van der Waals surface area contributed by atoms with E-state index in [1.54, 1.807) is 11.1 Å². The van der Waals surface area contributed by atoms with E-state index in [1.165, 1.54) is 25.7 Å². The second kappa shape index (κ2) is 3.64. The standard InChI is InChI=1S/C14H19N/c1-10(11-6-7-11)15-14-9-8-12-4-2-3-5-13(12)14/h2-5,10-11,14-15H,6-9H2,1H3. The van der Waals surface area contributed by atoms with E-state index in [2.05, 4.69) is 36.5 Å². The molecule has 0 aromatic heterocycles. The van der Waals surface area contributed by atoms with Gasteiger partial charge in [-0.05, 0) is 49.7 Å². The number of aryl methyl sites for hydroxylation is 1. The second-order valence-electron chi connectivity index (χ2n) is 5.08. The van der Waals surface area contributed by atoms with Crippen LogP contribution in [0.3, 0.4) is 0 Å². The molecule has 80 valence electrons. The highest BCUT2D eigenvalue weighted by Gasteiger charge is 2.31. The highest BCUT2D eigenvalue weighted by atomic mass is 15.0. The summed E-state index contributed by atoms with van der Waals surface area (Å²) in [5.41, 5.74) is 3.10. The van der Waals surface area contributed by atoms with Crippen LogP contribution in [0.1, 0.15) is 43.4 Å². The third-order valence-electron chi connectivity index (χ3n) is 3.93. The van der Waals surface area contributed by atoms with Gasteiger partial charge < -0.3 is 5.32 Å². The zero-order valence-electron chi connectivity index (χ0n) is 9.37. The summed E-state index contributed by atoms with van der Waals surface area (Å²) < 4.78 is 0. The molecule has 0 saturated heterocycles. The monoisotopic (exact) mass is 201 g/mol. The van der Waals surface area contributed by atoms with Crippen molar-refractivity contribution in [2.75, 3.05) is 0 Å². The maximum atomic E-state index is 3.80. The van der Waals surface area contributed by atoms with E-state index >= 15 is 0 Å². The Balaban J connectivity index is 1.73. The topological polar surface area (TPSA) is 12.0 Å². The quantitative estimate of drug-likeness (QED) is 0.792. The molecule has 0 heterocycles. The maximum absolute atomic E-state index is 3.80. The zero-order valence-corrected chi connectivity index (χ0v) is 9.37. The van der Waals surface area contributed by atoms with Crippen LogP contribution in [0.5, 0.6) is 0 Å². The highest BCUT2D eigenvalue weighted by molar-refractivity contribution is 5.34. The van der Waals surface area contributed by atoms with Crippen LogP contribution in [-0.2, 0) is 6.42 Å². The Morgan fingerprint density at radius 3 is 2.80 bits per heavy atom. The Hall–Kier alpha value is -0.820. The smallest absolute Gasteiger partial charge is 0.0328 e. The van der Waals surface area contributed by atoms with Gasteiger partial charge in [-0.25, -0.2) is 0 Å². The third kappa shape index (κ3) is 1.81. The van der Waals surface area contributed by atoms with Crippen molar-refractivity contribution in [2.45, 2.75) is 44.7 Å². The van der Waals surface area contributed by atoms with Gasteiger partial charge in [-0.2, -0.15) is 0 Å². The lowest BCUT2D eigenvalue weighted by atomic mass is 10.1. The molecule has 1 N–H and O–H groups in total. The summed E-state index contributed by atoms with van der Waals surface area (Å²) in [4.78, 5) is 0. The molecule has 0 radical (unpaired) electrons. The summed E-state index contributed by atoms with van der Waals surface area (Å²) in [7, 11) is 0. The van der Waals surface area contributed by atoms with E-state index in [9.17, 15) is 0 Å². The van der Waals surface area contributed by atoms with Crippen molar-refractivity contribution >= 4 is 0 Å². The van der Waals surface area contributed by atoms with Crippen molar-refractivity contribution < 1.29 is 0 Å². The molecule has 0 aliphatic heterocycles. The van der Waals surface area contributed by atoms with Gasteiger partial charge in [0.15, 0.2) is 0 Å². The molecule has 3 rings (SSSR count). The van der Waals surface area contributed by atoms with Gasteiger partial charge >= 0.3 is 0 Å². The van der Waals surface area contributed by atoms with Gasteiger partial charge in [0.25, 0.3) is 0 Å². The first-order chi connectivity index (χ1) is 7.34. The molecule has 1 fully saturated rings. The van der Waals surface area contributed by atoms with Gasteiger partial charge in [-0.1, -0.05) is 24.3 Å². The second-order valence-corrected chi connectivity index (χ2v) is 5.08. The summed E-state index contributed by atoms with van der Waals surface area (Å²) in [6.45, 7) is 2.35. The van der Waals surface area contributed by atoms with Crippen molar-refractivity contribution in [3.05, 3.63) is 35.4 Å². The number of fused-ring (bicyclic) bond motifs is 1. The molecule has 1 aromatic rings. The first-order valence-electron chi connectivity index (χ1n) is 6.18. The number of hydrogen-bond donors (Lipinski definition) is 1. The van der Waals surface area contributed by atoms with Crippen LogP contribution in [0.2, 0.25) is 0 Å². The van der Waals surface area contributed by atoms with Gasteiger partial charge in [-0.15, -0.1) is 0 Å². The van der Waals surface area contributed by atoms with E-state index in [0.29, 0.717) is 12.1 Å². The molecule has 1 nitrogen and oxygen atoms in total. The molecule has 2 unspecified atom stereocenters. The molecule has 0 amide bonds. The normalized spacial score (nSPS) is 26.3. The van der Waals surface area contributed by atoms with Crippen LogP contribution in [0.15, 0.2) is 24.3 Å². The van der Waals surface area contributed by atoms with Crippen LogP contribution in [0, 0.1) is 5.92 Å². The van der Waals surface area contributed by atoms with E-state index in [-0.39, 0.29) is 0 Å². The van der Waals surface area contributed by atoms with Crippen molar-refractivity contribution in [3.63, 3.8) is 0 Å². The summed E-state index contributed by atoms with van der Waals surface area (Å²) in [5, 5.41) is 3.80. The Kier molecular flexibility index (Phi) is 2.28. The van der Waals surface area contributed by atoms with E-state index in [0.717, 1.165) is 5.92 Å². The molecular weight excluding hydrogens is 182 g/mol. The lowest BCUT2D eigenvalue weighted by molar-refractivity contribution is 0.421. The van der Waals surface area contributed by atoms with Crippen molar-refractivity contribution in [2.24, 2.45) is 5.92 Å². The minimum absolute atomic E-state index is 0.622. The maximum Gasteiger partial charge on any atom is 0.0328 e. The average molecular weight is 201 g/mol. The van der Waals surface area contributed by atoms with Crippen molar-refractivity contribution in [1.82, 2.24) is 5.32 Å². The van der Waals surface area contributed by atoms with Crippen molar-refractivity contribution in [1.29, 1.82) is 0 Å². The Morgan fingerprint density at radius 2 is 2.00 bits per heavy atom. The van der Waals surface area contributed by atoms with Gasteiger partial charge in [-0.3, -0.25) is 0 Å². The largest absolute Gasteiger partial charge is 0.307 e. The van der Waals surface area contributed by atoms with E-state index in [1.807, 2.05) is 0 Å². The molecule has 2 aliphatic rings. The first kappa shape index (κ1) is 9.41. The zero-order chi connectivity index (χ0) is 10.3. The molecule has 1 heteroatoms. The predicted octanol–water partition coefficient (Wildman–Crippen LogP) is 3.06. The van der Waals surface area contributed by atoms with Gasteiger partial charge in [0.2, 0.25) is 0 Å². The van der Waals surface area contributed by atoms with E-state index < -0.39 is 0 Å². The lowest BCUT2D eigenvalue weighted by Gasteiger charge is -2.20. The van der Waals surface area contributed by atoms with Gasteiger partial charge in [0.05, 0.1) is 0 Å². The summed E-state index contributed by atoms with van der Waals surface area (Å²) >= 11 is 0. The fourth-order valence-corrected chi connectivity index (χ4v) is 2.78. The Morgan fingerprint density at radius 1 is 1.20 bits per heavy atom. The fourth-order valence-electron chi connectivity index (χ4n) is 2.78. The highest BCUT2D eigenvalue weighted by Crippen LogP contribution is 2.36. The molecule has 0 bridgehead atoms. The minimum Gasteiger partial charge on any atom is -0.307 e. The predicted molar refractivity (Wildman–Crippen MR) is 62.8 cm³/mol. The van der Waals surface area contributed by atoms with Gasteiger partial charge in [0.1, 0.15) is 0 Å². The van der Waals surface area contributed by atoms with Gasteiger partial charge in [0, 0.05) is 12.1 Å². The molecule has 2 aliphatic carbocycles. The molecule has 2 atom stereocenters. The number of benzene rings is 1. The summed E-state index contributed by atoms with van der Waals surface area (Å²) in [6.07, 6.45) is 5.41. The summed E-state index contributed by atoms with van der Waals surface area (Å²) in [5.74, 6) is 0.956. The van der Waals surface area contributed by atoms with Crippen LogP contribution in [0.25, 0.3) is 0 Å². The molecule has 1 aromatic carbocycles. The Labute approximate surface area is 91.9 Å². The van der Waals surface area contributed by atoms with Crippen LogP contribution in [-0.4, -0.2) is 6.04 Å². The Bertz CT molecular complexity index is 354. The van der Waals surface area contributed by atoms with E-state index in [4.69, 9.17) is 0 Å². The van der Waals surface area contributed by atoms with Crippen LogP contribution < -0.4 is 5.32 Å². The van der Waals surface area contributed by atoms with Crippen molar-refractivity contribution in [3.8, 4) is 0 Å². The number of rotatable bonds is 3. The average Bonchev–Trinajstić information content (AvgIpc) is 3.03. The lowest BCUT2D eigenvalue weighted by Crippen LogP contribution is -2.30. The van der Waals surface area contributed by atoms with Crippen LogP contribution >= 0.6 is 0 Å². The summed E-state index contributed by atoms with van der Waals surface area (Å²) in [6, 6.07) is 10.2. The number of hydrogen-bond acceptors (Lipinski definition) is 1. The molecule has 15 heavy (non-hydrogen) atoms. The first-order valence-corrected chi connectivity index (χ1v) is 6.18. The van der Waals surface area contributed by atoms with Crippen LogP contribution in [0.4, 0.5) is 0 Å². The molecule has 0 spiro atoms. The minimum atomic E-state index is 0.622. The molecular formula is C14H19N. The third-order valence-corrected chi connectivity index (χ3v) is 3.93. The molecule has 1 saturated carbocycles.